The molecule has 7 heteroatoms. The third-order valence-corrected chi connectivity index (χ3v) is 3.07. The summed E-state index contributed by atoms with van der Waals surface area (Å²) in [7, 11) is 1.64. The number of rotatable bonds is 9. The van der Waals surface area contributed by atoms with E-state index in [9.17, 15) is 14.4 Å². The molecule has 0 saturated carbocycles. The lowest BCUT2D eigenvalue weighted by Gasteiger charge is -2.18. The van der Waals surface area contributed by atoms with Gasteiger partial charge in [-0.05, 0) is 19.5 Å². The number of amides is 3. The van der Waals surface area contributed by atoms with Crippen LogP contribution in [0.4, 0.5) is 0 Å². The largest absolute Gasteiger partial charge is 0.355 e. The maximum atomic E-state index is 12.1. The highest BCUT2D eigenvalue weighted by molar-refractivity contribution is 5.90. The van der Waals surface area contributed by atoms with Crippen LogP contribution in [0.1, 0.15) is 12.5 Å². The first kappa shape index (κ1) is 18.6. The van der Waals surface area contributed by atoms with Crippen LogP contribution in [0.3, 0.4) is 0 Å². The van der Waals surface area contributed by atoms with Gasteiger partial charge in [-0.3, -0.25) is 14.4 Å². The molecule has 0 aliphatic heterocycles. The summed E-state index contributed by atoms with van der Waals surface area (Å²) < 4.78 is 0. The smallest absolute Gasteiger partial charge is 0.242 e. The molecule has 23 heavy (non-hydrogen) atoms. The average molecular weight is 320 g/mol. The molecule has 0 aliphatic rings. The molecular weight excluding hydrogens is 296 g/mol. The lowest BCUT2D eigenvalue weighted by molar-refractivity contribution is -0.129. The fourth-order valence-corrected chi connectivity index (χ4v) is 2.00. The fraction of sp³-hybridized carbons (Fsp3) is 0.438. The molecule has 1 rings (SSSR count). The normalized spacial score (nSPS) is 11.4. The van der Waals surface area contributed by atoms with Gasteiger partial charge in [-0.1, -0.05) is 30.3 Å². The highest BCUT2D eigenvalue weighted by atomic mass is 16.2. The van der Waals surface area contributed by atoms with Gasteiger partial charge in [-0.2, -0.15) is 0 Å². The van der Waals surface area contributed by atoms with E-state index < -0.39 is 11.9 Å². The van der Waals surface area contributed by atoms with Crippen molar-refractivity contribution in [1.82, 2.24) is 21.3 Å². The first-order valence-electron chi connectivity index (χ1n) is 7.59. The standard InChI is InChI=1S/C16H24N4O3/c1-3-18-16(23)13(9-12-7-5-4-6-8-12)20-15(22)11-19-14(21)10-17-2/h4-8,13,17H,3,9-11H2,1-2H3,(H,18,23)(H,19,21)(H,20,22). The highest BCUT2D eigenvalue weighted by Gasteiger charge is 2.20. The Hall–Kier alpha value is -2.41. The molecular formula is C16H24N4O3. The first-order chi connectivity index (χ1) is 11.1. The van der Waals surface area contributed by atoms with Gasteiger partial charge in [0.15, 0.2) is 0 Å². The minimum absolute atomic E-state index is 0.136. The lowest BCUT2D eigenvalue weighted by atomic mass is 10.1. The van der Waals surface area contributed by atoms with Crippen LogP contribution in [0, 0.1) is 0 Å². The predicted molar refractivity (Wildman–Crippen MR) is 87.7 cm³/mol. The zero-order valence-corrected chi connectivity index (χ0v) is 13.5. The quantitative estimate of drug-likeness (QED) is 0.478. The van der Waals surface area contributed by atoms with Crippen LogP contribution < -0.4 is 21.3 Å². The molecule has 1 atom stereocenters. The Labute approximate surface area is 136 Å². The Morgan fingerprint density at radius 1 is 1.00 bits per heavy atom. The number of hydrogen-bond donors (Lipinski definition) is 4. The molecule has 4 N–H and O–H groups in total. The van der Waals surface area contributed by atoms with Gasteiger partial charge in [0.1, 0.15) is 6.04 Å². The topological polar surface area (TPSA) is 99.3 Å². The van der Waals surface area contributed by atoms with Gasteiger partial charge in [-0.15, -0.1) is 0 Å². The zero-order chi connectivity index (χ0) is 17.1. The van der Waals surface area contributed by atoms with Crippen molar-refractivity contribution in [2.75, 3.05) is 26.7 Å². The van der Waals surface area contributed by atoms with E-state index in [4.69, 9.17) is 0 Å². The van der Waals surface area contributed by atoms with Crippen LogP contribution in [0.15, 0.2) is 30.3 Å². The Kier molecular flexibility index (Phi) is 8.38. The predicted octanol–water partition coefficient (Wildman–Crippen LogP) is -0.814. The van der Waals surface area contributed by atoms with E-state index in [1.54, 1.807) is 7.05 Å². The second kappa shape index (κ2) is 10.3. The van der Waals surface area contributed by atoms with Gasteiger partial charge in [-0.25, -0.2) is 0 Å². The molecule has 126 valence electrons. The van der Waals surface area contributed by atoms with E-state index >= 15 is 0 Å². The van der Waals surface area contributed by atoms with E-state index in [1.807, 2.05) is 37.3 Å². The summed E-state index contributed by atoms with van der Waals surface area (Å²) in [4.78, 5) is 35.4. The lowest BCUT2D eigenvalue weighted by Crippen LogP contribution is -2.50. The van der Waals surface area contributed by atoms with Crippen molar-refractivity contribution in [2.45, 2.75) is 19.4 Å². The van der Waals surface area contributed by atoms with Crippen molar-refractivity contribution in [1.29, 1.82) is 0 Å². The van der Waals surface area contributed by atoms with Gasteiger partial charge in [0, 0.05) is 13.0 Å². The molecule has 0 aliphatic carbocycles. The fourth-order valence-electron chi connectivity index (χ4n) is 2.00. The summed E-state index contributed by atoms with van der Waals surface area (Å²) >= 11 is 0. The van der Waals surface area contributed by atoms with Crippen molar-refractivity contribution in [2.24, 2.45) is 0 Å². The summed E-state index contributed by atoms with van der Waals surface area (Å²) in [5.74, 6) is -0.923. The molecule has 0 spiro atoms. The maximum Gasteiger partial charge on any atom is 0.242 e. The van der Waals surface area contributed by atoms with Gasteiger partial charge in [0.05, 0.1) is 13.1 Å². The third kappa shape index (κ3) is 7.42. The van der Waals surface area contributed by atoms with Crippen LogP contribution in [0.2, 0.25) is 0 Å². The Morgan fingerprint density at radius 2 is 1.70 bits per heavy atom. The molecule has 0 bridgehead atoms. The number of hydrogen-bond acceptors (Lipinski definition) is 4. The highest BCUT2D eigenvalue weighted by Crippen LogP contribution is 2.03. The summed E-state index contributed by atoms with van der Waals surface area (Å²) in [5.41, 5.74) is 0.947. The number of benzene rings is 1. The van der Waals surface area contributed by atoms with Gasteiger partial charge < -0.3 is 21.3 Å². The van der Waals surface area contributed by atoms with E-state index in [0.717, 1.165) is 5.56 Å². The van der Waals surface area contributed by atoms with Crippen molar-refractivity contribution in [3.05, 3.63) is 35.9 Å². The van der Waals surface area contributed by atoms with Crippen LogP contribution in [0.5, 0.6) is 0 Å². The summed E-state index contributed by atoms with van der Waals surface area (Å²) in [6.07, 6.45) is 0.392. The second-order valence-corrected chi connectivity index (χ2v) is 5.01. The molecule has 0 radical (unpaired) electrons. The molecule has 0 fully saturated rings. The Morgan fingerprint density at radius 3 is 2.30 bits per heavy atom. The van der Waals surface area contributed by atoms with Gasteiger partial charge >= 0.3 is 0 Å². The molecule has 1 aromatic carbocycles. The SMILES string of the molecule is CCNC(=O)C(Cc1ccccc1)NC(=O)CNC(=O)CNC. The van der Waals surface area contributed by atoms with Crippen molar-refractivity contribution in [3.63, 3.8) is 0 Å². The number of likely N-dealkylation sites (N-methyl/N-ethyl adjacent to an activating group) is 2. The van der Waals surface area contributed by atoms with E-state index in [0.29, 0.717) is 13.0 Å². The van der Waals surface area contributed by atoms with Crippen LogP contribution >= 0.6 is 0 Å². The number of carbonyl (C=O) groups excluding carboxylic acids is 3. The molecule has 1 aromatic rings. The van der Waals surface area contributed by atoms with Crippen molar-refractivity contribution >= 4 is 17.7 Å². The molecule has 3 amide bonds. The van der Waals surface area contributed by atoms with Gasteiger partial charge in [0.25, 0.3) is 0 Å². The minimum Gasteiger partial charge on any atom is -0.355 e. The van der Waals surface area contributed by atoms with E-state index in [-0.39, 0.29) is 24.9 Å². The van der Waals surface area contributed by atoms with Crippen LogP contribution in [-0.2, 0) is 20.8 Å². The first-order valence-corrected chi connectivity index (χ1v) is 7.59. The average Bonchev–Trinajstić information content (AvgIpc) is 2.54. The molecule has 7 nitrogen and oxygen atoms in total. The molecule has 0 heterocycles. The second-order valence-electron chi connectivity index (χ2n) is 5.01. The Bertz CT molecular complexity index is 519. The monoisotopic (exact) mass is 320 g/mol. The molecule has 0 saturated heterocycles. The summed E-state index contributed by atoms with van der Waals surface area (Å²) in [6, 6.07) is 8.76. The van der Waals surface area contributed by atoms with Crippen molar-refractivity contribution < 1.29 is 14.4 Å². The maximum absolute atomic E-state index is 12.1. The molecule has 0 aromatic heterocycles. The summed E-state index contributed by atoms with van der Waals surface area (Å²) in [5, 5.41) is 10.5. The van der Waals surface area contributed by atoms with Gasteiger partial charge in [0.2, 0.25) is 17.7 Å². The van der Waals surface area contributed by atoms with E-state index in [2.05, 4.69) is 21.3 Å². The number of carbonyl (C=O) groups is 3. The minimum atomic E-state index is -0.675. The van der Waals surface area contributed by atoms with Crippen molar-refractivity contribution in [3.8, 4) is 0 Å². The third-order valence-electron chi connectivity index (χ3n) is 3.07. The number of nitrogens with one attached hydrogen (secondary N) is 4. The zero-order valence-electron chi connectivity index (χ0n) is 13.5. The summed E-state index contributed by atoms with van der Waals surface area (Å²) in [6.45, 7) is 2.28. The van der Waals surface area contributed by atoms with Crippen LogP contribution in [0.25, 0.3) is 0 Å². The van der Waals surface area contributed by atoms with E-state index in [1.165, 1.54) is 0 Å². The van der Waals surface area contributed by atoms with Crippen LogP contribution in [-0.4, -0.2) is 50.4 Å². The Balaban J connectivity index is 2.60. The molecule has 1 unspecified atom stereocenters.